The Morgan fingerprint density at radius 1 is 1.67 bits per heavy atom. The molecule has 1 aliphatic heterocycles. The number of hydrogen-bond donors (Lipinski definition) is 2. The molecule has 0 bridgehead atoms. The maximum Gasteiger partial charge on any atom is 0.348 e. The van der Waals surface area contributed by atoms with E-state index in [2.05, 4.69) is 15.3 Å². The van der Waals surface area contributed by atoms with Gasteiger partial charge in [0.15, 0.2) is 0 Å². The minimum Gasteiger partial charge on any atom is -0.386 e. The van der Waals surface area contributed by atoms with Crippen LogP contribution in [0.15, 0.2) is 6.33 Å². The van der Waals surface area contributed by atoms with Crippen molar-refractivity contribution in [1.29, 1.82) is 0 Å². The van der Waals surface area contributed by atoms with E-state index in [4.69, 9.17) is 16.3 Å². The van der Waals surface area contributed by atoms with E-state index in [1.807, 2.05) is 0 Å². The molecule has 1 aliphatic rings. The van der Waals surface area contributed by atoms with Gasteiger partial charge in [-0.05, 0) is 0 Å². The minimum atomic E-state index is -1.04. The Kier molecular flexibility index (Phi) is 3.60. The molecular formula is C9H11ClN4O4. The Morgan fingerprint density at radius 3 is 3.06 bits per heavy atom. The van der Waals surface area contributed by atoms with E-state index in [1.54, 1.807) is 0 Å². The molecule has 9 heteroatoms. The molecule has 0 spiro atoms. The summed E-state index contributed by atoms with van der Waals surface area (Å²) in [5.41, 5.74) is -1.44. The third-order valence-electron chi connectivity index (χ3n) is 2.63. The number of aliphatic hydroxyl groups is 1. The topological polar surface area (TPSA) is 110 Å². The highest BCUT2D eigenvalue weighted by atomic mass is 35.5. The summed E-state index contributed by atoms with van der Waals surface area (Å²) in [6, 6.07) is 0. The molecule has 1 unspecified atom stereocenters. The largest absolute Gasteiger partial charge is 0.386 e. The first-order valence-corrected chi connectivity index (χ1v) is 5.58. The van der Waals surface area contributed by atoms with Gasteiger partial charge >= 0.3 is 5.69 Å². The summed E-state index contributed by atoms with van der Waals surface area (Å²) in [4.78, 5) is 17.5. The van der Waals surface area contributed by atoms with E-state index < -0.39 is 16.2 Å². The number of halogens is 1. The number of rotatable bonds is 4. The lowest BCUT2D eigenvalue weighted by atomic mass is 10.0. The molecule has 2 heterocycles. The van der Waals surface area contributed by atoms with Crippen LogP contribution >= 0.6 is 11.6 Å². The predicted octanol–water partition coefficient (Wildman–Crippen LogP) is 0.601. The lowest BCUT2D eigenvalue weighted by Gasteiger charge is -2.20. The van der Waals surface area contributed by atoms with Gasteiger partial charge in [-0.3, -0.25) is 10.1 Å². The van der Waals surface area contributed by atoms with Gasteiger partial charge in [-0.1, -0.05) is 11.6 Å². The van der Waals surface area contributed by atoms with Gasteiger partial charge in [0.05, 0.1) is 11.5 Å². The van der Waals surface area contributed by atoms with Crippen LogP contribution in [0.3, 0.4) is 0 Å². The Balaban J connectivity index is 2.14. The highest BCUT2D eigenvalue weighted by Gasteiger charge is 2.33. The Hall–Kier alpha value is -1.51. The van der Waals surface area contributed by atoms with Crippen molar-refractivity contribution in [3.05, 3.63) is 21.6 Å². The van der Waals surface area contributed by atoms with Gasteiger partial charge in [-0.25, -0.2) is 9.97 Å². The standard InChI is InChI=1S/C9H11ClN4O4/c10-7-6(14(16)17)8(13-5-12-7)11-3-9(15)1-2-18-4-9/h5,15H,1-4H2,(H,11,12,13). The van der Waals surface area contributed by atoms with Gasteiger partial charge in [-0.15, -0.1) is 0 Å². The van der Waals surface area contributed by atoms with Crippen LogP contribution in [0.1, 0.15) is 6.42 Å². The van der Waals surface area contributed by atoms with Crippen LogP contribution in [0.4, 0.5) is 11.5 Å². The van der Waals surface area contributed by atoms with Crippen molar-refractivity contribution in [2.45, 2.75) is 12.0 Å². The first kappa shape index (κ1) is 12.9. The van der Waals surface area contributed by atoms with Gasteiger partial charge in [0.2, 0.25) is 11.0 Å². The Labute approximate surface area is 107 Å². The molecule has 2 N–H and O–H groups in total. The molecule has 1 atom stereocenters. The molecule has 2 rings (SSSR count). The summed E-state index contributed by atoms with van der Waals surface area (Å²) in [6.45, 7) is 0.749. The van der Waals surface area contributed by atoms with E-state index in [0.29, 0.717) is 13.0 Å². The molecule has 1 saturated heterocycles. The molecule has 98 valence electrons. The molecule has 1 aromatic heterocycles. The Morgan fingerprint density at radius 2 is 2.44 bits per heavy atom. The van der Waals surface area contributed by atoms with Crippen molar-refractivity contribution >= 4 is 23.1 Å². The van der Waals surface area contributed by atoms with E-state index in [-0.39, 0.29) is 24.1 Å². The van der Waals surface area contributed by atoms with E-state index in [1.165, 1.54) is 0 Å². The summed E-state index contributed by atoms with van der Waals surface area (Å²) < 4.78 is 5.07. The lowest BCUT2D eigenvalue weighted by molar-refractivity contribution is -0.384. The zero-order chi connectivity index (χ0) is 13.2. The monoisotopic (exact) mass is 274 g/mol. The second-order valence-electron chi connectivity index (χ2n) is 4.00. The second kappa shape index (κ2) is 5.01. The number of nitrogens with zero attached hydrogens (tertiary/aromatic N) is 3. The van der Waals surface area contributed by atoms with Gasteiger partial charge in [0.25, 0.3) is 0 Å². The van der Waals surface area contributed by atoms with Crippen molar-refractivity contribution in [2.24, 2.45) is 0 Å². The molecular weight excluding hydrogens is 264 g/mol. The van der Waals surface area contributed by atoms with Gasteiger partial charge in [0, 0.05) is 19.6 Å². The first-order valence-electron chi connectivity index (χ1n) is 5.21. The van der Waals surface area contributed by atoms with Gasteiger partial charge in [0.1, 0.15) is 11.9 Å². The first-order chi connectivity index (χ1) is 8.52. The molecule has 8 nitrogen and oxygen atoms in total. The summed E-state index contributed by atoms with van der Waals surface area (Å²) in [7, 11) is 0. The maximum absolute atomic E-state index is 10.8. The molecule has 0 amide bonds. The second-order valence-corrected chi connectivity index (χ2v) is 4.36. The van der Waals surface area contributed by atoms with Crippen molar-refractivity contribution in [3.63, 3.8) is 0 Å². The van der Waals surface area contributed by atoms with E-state index >= 15 is 0 Å². The van der Waals surface area contributed by atoms with Crippen LogP contribution < -0.4 is 5.32 Å². The summed E-state index contributed by atoms with van der Waals surface area (Å²) >= 11 is 5.63. The van der Waals surface area contributed by atoms with Crippen LogP contribution in [0, 0.1) is 10.1 Å². The maximum atomic E-state index is 10.8. The average molecular weight is 275 g/mol. The van der Waals surface area contributed by atoms with Crippen molar-refractivity contribution in [3.8, 4) is 0 Å². The van der Waals surface area contributed by atoms with Crippen molar-refractivity contribution in [1.82, 2.24) is 9.97 Å². The number of nitrogens with one attached hydrogen (secondary N) is 1. The third kappa shape index (κ3) is 2.66. The van der Waals surface area contributed by atoms with E-state index in [9.17, 15) is 15.2 Å². The zero-order valence-corrected chi connectivity index (χ0v) is 10.1. The summed E-state index contributed by atoms with van der Waals surface area (Å²) in [5, 5.41) is 23.3. The van der Waals surface area contributed by atoms with Crippen LogP contribution in [0.25, 0.3) is 0 Å². The molecule has 0 aromatic carbocycles. The predicted molar refractivity (Wildman–Crippen MR) is 62.6 cm³/mol. The molecule has 0 saturated carbocycles. The highest BCUT2D eigenvalue weighted by Crippen LogP contribution is 2.29. The number of aromatic nitrogens is 2. The Bertz CT molecular complexity index is 464. The van der Waals surface area contributed by atoms with Crippen LogP contribution in [0.5, 0.6) is 0 Å². The molecule has 0 radical (unpaired) electrons. The fourth-order valence-corrected chi connectivity index (χ4v) is 1.83. The number of ether oxygens (including phenoxy) is 1. The summed E-state index contributed by atoms with van der Waals surface area (Å²) in [5.74, 6) is -0.0136. The number of nitro groups is 1. The van der Waals surface area contributed by atoms with Gasteiger partial charge in [-0.2, -0.15) is 0 Å². The minimum absolute atomic E-state index is 0.0136. The SMILES string of the molecule is O=[N+]([O-])c1c(Cl)ncnc1NCC1(O)CCOC1. The fourth-order valence-electron chi connectivity index (χ4n) is 1.63. The molecule has 0 aliphatic carbocycles. The highest BCUT2D eigenvalue weighted by molar-refractivity contribution is 6.31. The molecule has 18 heavy (non-hydrogen) atoms. The van der Waals surface area contributed by atoms with Crippen molar-refractivity contribution in [2.75, 3.05) is 25.1 Å². The quantitative estimate of drug-likeness (QED) is 0.470. The number of anilines is 1. The normalized spacial score (nSPS) is 23.0. The van der Waals surface area contributed by atoms with Crippen molar-refractivity contribution < 1.29 is 14.8 Å². The molecule has 1 fully saturated rings. The average Bonchev–Trinajstić information content (AvgIpc) is 2.73. The smallest absolute Gasteiger partial charge is 0.348 e. The van der Waals surface area contributed by atoms with Crippen LogP contribution in [-0.4, -0.2) is 45.4 Å². The van der Waals surface area contributed by atoms with E-state index in [0.717, 1.165) is 6.33 Å². The molecule has 1 aromatic rings. The van der Waals surface area contributed by atoms with Gasteiger partial charge < -0.3 is 15.2 Å². The fraction of sp³-hybridized carbons (Fsp3) is 0.556. The lowest BCUT2D eigenvalue weighted by Crippen LogP contribution is -2.37. The number of hydrogen-bond acceptors (Lipinski definition) is 7. The zero-order valence-electron chi connectivity index (χ0n) is 9.30. The third-order valence-corrected chi connectivity index (χ3v) is 2.90. The van der Waals surface area contributed by atoms with Crippen LogP contribution in [-0.2, 0) is 4.74 Å². The van der Waals surface area contributed by atoms with Crippen LogP contribution in [0.2, 0.25) is 5.15 Å². The summed E-state index contributed by atoms with van der Waals surface area (Å²) in [6.07, 6.45) is 1.58.